The van der Waals surface area contributed by atoms with E-state index in [4.69, 9.17) is 39.5 Å². The molecule has 0 spiro atoms. The number of ether oxygens (including phenoxy) is 1. The number of hydrogen-bond donors (Lipinski definition) is 2. The number of thioether (sulfide) groups is 2. The summed E-state index contributed by atoms with van der Waals surface area (Å²) in [7, 11) is 1.81. The number of fused-ring (bicyclic) bond motifs is 1. The first kappa shape index (κ1) is 31.4. The smallest absolute Gasteiger partial charge is 0.234 e. The Bertz CT molecular complexity index is 1760. The van der Waals surface area contributed by atoms with Gasteiger partial charge in [-0.2, -0.15) is 0 Å². The van der Waals surface area contributed by atoms with E-state index in [9.17, 15) is 9.59 Å². The molecule has 0 aliphatic carbocycles. The maximum atomic E-state index is 12.7. The molecule has 0 unspecified atom stereocenters. The van der Waals surface area contributed by atoms with Crippen LogP contribution in [0.15, 0.2) is 70.2 Å². The zero-order valence-electron chi connectivity index (χ0n) is 22.5. The van der Waals surface area contributed by atoms with E-state index in [2.05, 4.69) is 25.8 Å². The van der Waals surface area contributed by atoms with Crippen LogP contribution in [-0.4, -0.2) is 56.2 Å². The van der Waals surface area contributed by atoms with E-state index < -0.39 is 0 Å². The van der Waals surface area contributed by atoms with Gasteiger partial charge in [0.15, 0.2) is 15.3 Å². The molecule has 0 atom stereocenters. The van der Waals surface area contributed by atoms with Crippen LogP contribution in [0.1, 0.15) is 0 Å². The Morgan fingerprint density at radius 2 is 1.70 bits per heavy atom. The molecule has 222 valence electrons. The second kappa shape index (κ2) is 14.7. The lowest BCUT2D eigenvalue weighted by Crippen LogP contribution is -2.29. The molecule has 5 aromatic rings. The molecule has 3 aromatic carbocycles. The second-order valence-electron chi connectivity index (χ2n) is 8.93. The molecule has 5 rings (SSSR count). The van der Waals surface area contributed by atoms with Crippen LogP contribution < -0.4 is 15.4 Å². The highest BCUT2D eigenvalue weighted by atomic mass is 35.5. The fourth-order valence-electron chi connectivity index (χ4n) is 3.78. The highest BCUT2D eigenvalue weighted by Crippen LogP contribution is 2.32. The molecule has 15 heteroatoms. The highest BCUT2D eigenvalue weighted by molar-refractivity contribution is 8.01. The van der Waals surface area contributed by atoms with Gasteiger partial charge in [-0.05, 0) is 60.7 Å². The largest absolute Gasteiger partial charge is 0.492 e. The van der Waals surface area contributed by atoms with E-state index in [-0.39, 0.29) is 23.3 Å². The maximum Gasteiger partial charge on any atom is 0.234 e. The third-order valence-electron chi connectivity index (χ3n) is 5.83. The van der Waals surface area contributed by atoms with Gasteiger partial charge in [-0.25, -0.2) is 4.98 Å². The number of anilines is 1. The lowest BCUT2D eigenvalue weighted by atomic mass is 10.2. The van der Waals surface area contributed by atoms with Crippen molar-refractivity contribution in [2.45, 2.75) is 9.50 Å². The van der Waals surface area contributed by atoms with Gasteiger partial charge in [0.05, 0.1) is 33.3 Å². The van der Waals surface area contributed by atoms with Crippen molar-refractivity contribution in [3.8, 4) is 17.1 Å². The Kier molecular flexibility index (Phi) is 10.7. The third kappa shape index (κ3) is 8.55. The minimum atomic E-state index is -0.186. The molecule has 2 amide bonds. The van der Waals surface area contributed by atoms with Crippen LogP contribution in [-0.2, 0) is 16.6 Å². The molecule has 2 aromatic heterocycles. The summed E-state index contributed by atoms with van der Waals surface area (Å²) in [5.41, 5.74) is 2.15. The topological polar surface area (TPSA) is 111 Å². The van der Waals surface area contributed by atoms with Gasteiger partial charge in [0.2, 0.25) is 11.8 Å². The average molecular weight is 694 g/mol. The van der Waals surface area contributed by atoms with Gasteiger partial charge in [0.25, 0.3) is 0 Å². The summed E-state index contributed by atoms with van der Waals surface area (Å²) in [6, 6.07) is 17.7. The molecule has 0 saturated carbocycles. The molecule has 0 saturated heterocycles. The van der Waals surface area contributed by atoms with Gasteiger partial charge >= 0.3 is 0 Å². The van der Waals surface area contributed by atoms with Gasteiger partial charge in [-0.15, -0.1) is 21.5 Å². The first-order valence-electron chi connectivity index (χ1n) is 12.7. The monoisotopic (exact) mass is 692 g/mol. The molecule has 0 bridgehead atoms. The van der Waals surface area contributed by atoms with Crippen LogP contribution in [0.2, 0.25) is 15.1 Å². The van der Waals surface area contributed by atoms with E-state index in [1.165, 1.54) is 34.9 Å². The Balaban J connectivity index is 1.08. The Labute approximate surface area is 274 Å². The Hall–Kier alpha value is -3.00. The van der Waals surface area contributed by atoms with Gasteiger partial charge in [-0.3, -0.25) is 9.59 Å². The van der Waals surface area contributed by atoms with Crippen molar-refractivity contribution in [3.05, 3.63) is 75.7 Å². The number of thiazole rings is 1. The number of aromatic nitrogens is 4. The molecule has 9 nitrogen and oxygen atoms in total. The lowest BCUT2D eigenvalue weighted by Gasteiger charge is -2.07. The number of carbonyl (C=O) groups excluding carboxylic acids is 2. The van der Waals surface area contributed by atoms with E-state index in [0.717, 1.165) is 14.6 Å². The van der Waals surface area contributed by atoms with Crippen LogP contribution >= 0.6 is 69.7 Å². The summed E-state index contributed by atoms with van der Waals surface area (Å²) in [6.45, 7) is 0.738. The van der Waals surface area contributed by atoms with Crippen LogP contribution in [0.3, 0.4) is 0 Å². The molecule has 2 heterocycles. The minimum Gasteiger partial charge on any atom is -0.492 e. The van der Waals surface area contributed by atoms with Crippen LogP contribution in [0.25, 0.3) is 21.6 Å². The van der Waals surface area contributed by atoms with Gasteiger partial charge in [-0.1, -0.05) is 58.3 Å². The highest BCUT2D eigenvalue weighted by Gasteiger charge is 2.16. The number of nitrogens with zero attached hydrogens (tertiary/aromatic N) is 4. The van der Waals surface area contributed by atoms with E-state index in [1.54, 1.807) is 53.1 Å². The van der Waals surface area contributed by atoms with Crippen molar-refractivity contribution in [2.75, 3.05) is 30.0 Å². The van der Waals surface area contributed by atoms with E-state index >= 15 is 0 Å². The Morgan fingerprint density at radius 1 is 0.930 bits per heavy atom. The summed E-state index contributed by atoms with van der Waals surface area (Å²) in [5.74, 6) is 1.35. The number of rotatable bonds is 12. The molecular formula is C28H23Cl3N6O3S3. The van der Waals surface area contributed by atoms with Gasteiger partial charge < -0.3 is 19.9 Å². The normalized spacial score (nSPS) is 11.1. The summed E-state index contributed by atoms with van der Waals surface area (Å²) >= 11 is 22.3. The predicted molar refractivity (Wildman–Crippen MR) is 176 cm³/mol. The van der Waals surface area contributed by atoms with Crippen molar-refractivity contribution >= 4 is 97.4 Å². The summed E-state index contributed by atoms with van der Waals surface area (Å²) in [5, 5.41) is 16.4. The van der Waals surface area contributed by atoms with Crippen LogP contribution in [0.5, 0.6) is 5.75 Å². The summed E-state index contributed by atoms with van der Waals surface area (Å²) < 4.78 is 9.04. The fourth-order valence-corrected chi connectivity index (χ4v) is 7.05. The number of amides is 2. The lowest BCUT2D eigenvalue weighted by molar-refractivity contribution is -0.118. The zero-order valence-corrected chi connectivity index (χ0v) is 27.2. The molecule has 0 fully saturated rings. The third-order valence-corrected chi connectivity index (χ3v) is 9.81. The quantitative estimate of drug-likeness (QED) is 0.106. The van der Waals surface area contributed by atoms with Gasteiger partial charge in [0, 0.05) is 28.3 Å². The maximum absolute atomic E-state index is 12.7. The van der Waals surface area contributed by atoms with E-state index in [1.807, 2.05) is 19.2 Å². The standard InChI is InChI=1S/C28H23Cl3N6O3S3/c1-37-26(20-8-4-17(30)12-21(20)31)35-36-27(37)41-15-25(39)33-18-5-9-22-23(13-18)43-28(34-22)42-14-24(38)32-10-11-40-19-6-2-16(29)3-7-19/h2-9,12-13H,10-11,14-15H2,1H3,(H,32,38)(H,33,39). The van der Waals surface area contributed by atoms with Crippen LogP contribution in [0, 0.1) is 0 Å². The number of nitrogens with one attached hydrogen (secondary N) is 2. The summed E-state index contributed by atoms with van der Waals surface area (Å²) in [6.07, 6.45) is 0. The molecular weight excluding hydrogens is 671 g/mol. The van der Waals surface area contributed by atoms with Crippen molar-refractivity contribution < 1.29 is 14.3 Å². The van der Waals surface area contributed by atoms with E-state index in [0.29, 0.717) is 56.2 Å². The number of hydrogen-bond acceptors (Lipinski definition) is 9. The average Bonchev–Trinajstić information content (AvgIpc) is 3.56. The number of halogens is 3. The van der Waals surface area contributed by atoms with Crippen molar-refractivity contribution in [2.24, 2.45) is 7.05 Å². The molecule has 43 heavy (non-hydrogen) atoms. The minimum absolute atomic E-state index is 0.110. The SMILES string of the molecule is Cn1c(SCC(=O)Nc2ccc3nc(SCC(=O)NCCOc4ccc(Cl)cc4)sc3c2)nnc1-c1ccc(Cl)cc1Cl. The van der Waals surface area contributed by atoms with Crippen LogP contribution in [0.4, 0.5) is 5.69 Å². The predicted octanol–water partition coefficient (Wildman–Crippen LogP) is 7.07. The van der Waals surface area contributed by atoms with Gasteiger partial charge in [0.1, 0.15) is 12.4 Å². The first-order valence-corrected chi connectivity index (χ1v) is 16.6. The van der Waals surface area contributed by atoms with Crippen molar-refractivity contribution in [1.29, 1.82) is 0 Å². The molecule has 2 N–H and O–H groups in total. The fraction of sp³-hybridized carbons (Fsp3) is 0.179. The van der Waals surface area contributed by atoms with Crippen molar-refractivity contribution in [1.82, 2.24) is 25.1 Å². The molecule has 0 radical (unpaired) electrons. The van der Waals surface area contributed by atoms with Crippen molar-refractivity contribution in [3.63, 3.8) is 0 Å². The zero-order chi connectivity index (χ0) is 30.3. The Morgan fingerprint density at radius 3 is 2.49 bits per heavy atom. The second-order valence-corrected chi connectivity index (χ2v) is 13.4. The number of carbonyl (C=O) groups is 2. The molecule has 0 aliphatic rings. The molecule has 0 aliphatic heterocycles. The number of benzene rings is 3. The first-order chi connectivity index (χ1) is 20.7. The summed E-state index contributed by atoms with van der Waals surface area (Å²) in [4.78, 5) is 29.5.